The van der Waals surface area contributed by atoms with Crippen LogP contribution in [0.4, 0.5) is 0 Å². The molecule has 1 heterocycles. The molecule has 0 aliphatic carbocycles. The van der Waals surface area contributed by atoms with Gasteiger partial charge in [-0.2, -0.15) is 0 Å². The van der Waals surface area contributed by atoms with Gasteiger partial charge in [0.1, 0.15) is 5.01 Å². The van der Waals surface area contributed by atoms with E-state index in [1.165, 1.54) is 16.3 Å². The van der Waals surface area contributed by atoms with Gasteiger partial charge < -0.3 is 5.32 Å². The number of benzene rings is 2. The smallest absolute Gasteiger partial charge is 0.110 e. The van der Waals surface area contributed by atoms with Gasteiger partial charge in [0, 0.05) is 10.9 Å². The molecule has 1 N–H and O–H groups in total. The minimum atomic E-state index is 0.305. The summed E-state index contributed by atoms with van der Waals surface area (Å²) in [6.07, 6.45) is 0. The Labute approximate surface area is 117 Å². The molecule has 0 aliphatic heterocycles. The first-order valence-electron chi connectivity index (χ1n) is 6.40. The largest absolute Gasteiger partial charge is 0.311 e. The first-order valence-corrected chi connectivity index (χ1v) is 7.28. The third-order valence-corrected chi connectivity index (χ3v) is 4.40. The molecular formula is C16H16N2S. The number of aromatic nitrogens is 1. The van der Waals surface area contributed by atoms with Crippen molar-refractivity contribution in [1.82, 2.24) is 10.3 Å². The van der Waals surface area contributed by atoms with Crippen molar-refractivity contribution >= 4 is 22.1 Å². The highest BCUT2D eigenvalue weighted by Gasteiger charge is 2.09. The van der Waals surface area contributed by atoms with Gasteiger partial charge in [0.05, 0.1) is 11.7 Å². The van der Waals surface area contributed by atoms with E-state index >= 15 is 0 Å². The third-order valence-electron chi connectivity index (χ3n) is 3.37. The van der Waals surface area contributed by atoms with Crippen molar-refractivity contribution in [1.29, 1.82) is 0 Å². The zero-order chi connectivity index (χ0) is 13.2. The number of hydrogen-bond donors (Lipinski definition) is 1. The van der Waals surface area contributed by atoms with E-state index in [1.54, 1.807) is 11.3 Å². The van der Waals surface area contributed by atoms with Gasteiger partial charge in [-0.3, -0.25) is 0 Å². The predicted molar refractivity (Wildman–Crippen MR) is 82.5 cm³/mol. The lowest BCUT2D eigenvalue weighted by atomic mass is 10.1. The summed E-state index contributed by atoms with van der Waals surface area (Å²) in [4.78, 5) is 4.71. The molecule has 19 heavy (non-hydrogen) atoms. The molecule has 0 radical (unpaired) electrons. The summed E-state index contributed by atoms with van der Waals surface area (Å²) in [6.45, 7) is 2.13. The van der Waals surface area contributed by atoms with Gasteiger partial charge in [-0.1, -0.05) is 36.4 Å². The zero-order valence-electron chi connectivity index (χ0n) is 11.1. The van der Waals surface area contributed by atoms with Crippen LogP contribution < -0.4 is 5.32 Å². The maximum Gasteiger partial charge on any atom is 0.110 e. The summed E-state index contributed by atoms with van der Waals surface area (Å²) in [5, 5.41) is 9.02. The molecule has 3 aromatic rings. The van der Waals surface area contributed by atoms with Crippen LogP contribution in [0, 0.1) is 0 Å². The Hall–Kier alpha value is -1.71. The fourth-order valence-corrected chi connectivity index (χ4v) is 2.99. The molecule has 3 rings (SSSR count). The molecule has 2 nitrogen and oxygen atoms in total. The molecule has 0 saturated heterocycles. The highest BCUT2D eigenvalue weighted by Crippen LogP contribution is 2.27. The molecule has 0 spiro atoms. The van der Waals surface area contributed by atoms with Gasteiger partial charge in [0.25, 0.3) is 0 Å². The van der Waals surface area contributed by atoms with Gasteiger partial charge in [0.15, 0.2) is 0 Å². The van der Waals surface area contributed by atoms with Crippen molar-refractivity contribution in [2.24, 2.45) is 0 Å². The highest BCUT2D eigenvalue weighted by molar-refractivity contribution is 7.10. The normalized spacial score (nSPS) is 12.7. The van der Waals surface area contributed by atoms with E-state index in [4.69, 9.17) is 4.98 Å². The summed E-state index contributed by atoms with van der Waals surface area (Å²) in [5.74, 6) is 0. The van der Waals surface area contributed by atoms with Gasteiger partial charge in [-0.05, 0) is 30.8 Å². The van der Waals surface area contributed by atoms with E-state index in [0.717, 1.165) is 10.7 Å². The number of nitrogens with zero attached hydrogens (tertiary/aromatic N) is 1. The van der Waals surface area contributed by atoms with Crippen molar-refractivity contribution in [3.8, 4) is 11.3 Å². The van der Waals surface area contributed by atoms with Crippen molar-refractivity contribution in [3.05, 3.63) is 52.9 Å². The lowest BCUT2D eigenvalue weighted by Crippen LogP contribution is -2.11. The third kappa shape index (κ3) is 2.39. The molecule has 0 fully saturated rings. The maximum atomic E-state index is 4.71. The van der Waals surface area contributed by atoms with E-state index in [-0.39, 0.29) is 0 Å². The Kier molecular flexibility index (Phi) is 3.32. The van der Waals surface area contributed by atoms with Gasteiger partial charge >= 0.3 is 0 Å². The van der Waals surface area contributed by atoms with Crippen molar-refractivity contribution in [3.63, 3.8) is 0 Å². The van der Waals surface area contributed by atoms with Gasteiger partial charge in [-0.15, -0.1) is 11.3 Å². The zero-order valence-corrected chi connectivity index (χ0v) is 11.9. The lowest BCUT2D eigenvalue weighted by Gasteiger charge is -2.05. The van der Waals surface area contributed by atoms with E-state index in [2.05, 4.69) is 60.1 Å². The van der Waals surface area contributed by atoms with Gasteiger partial charge in [0.2, 0.25) is 0 Å². The molecule has 2 aromatic carbocycles. The van der Waals surface area contributed by atoms with E-state index < -0.39 is 0 Å². The monoisotopic (exact) mass is 268 g/mol. The molecule has 0 amide bonds. The topological polar surface area (TPSA) is 24.9 Å². The molecule has 1 atom stereocenters. The second-order valence-corrected chi connectivity index (χ2v) is 5.53. The Morgan fingerprint density at radius 3 is 2.68 bits per heavy atom. The van der Waals surface area contributed by atoms with Crippen LogP contribution in [0.3, 0.4) is 0 Å². The molecule has 96 valence electrons. The summed E-state index contributed by atoms with van der Waals surface area (Å²) in [6, 6.07) is 15.2. The number of hydrogen-bond acceptors (Lipinski definition) is 3. The van der Waals surface area contributed by atoms with Crippen molar-refractivity contribution < 1.29 is 0 Å². The Balaban J connectivity index is 2.01. The first kappa shape index (κ1) is 12.3. The molecule has 0 bridgehead atoms. The van der Waals surface area contributed by atoms with Gasteiger partial charge in [-0.25, -0.2) is 4.98 Å². The number of thiazole rings is 1. The van der Waals surface area contributed by atoms with Crippen LogP contribution in [-0.4, -0.2) is 12.0 Å². The quantitative estimate of drug-likeness (QED) is 0.768. The Morgan fingerprint density at radius 1 is 1.11 bits per heavy atom. The molecular weight excluding hydrogens is 252 g/mol. The van der Waals surface area contributed by atoms with Crippen LogP contribution in [0.5, 0.6) is 0 Å². The van der Waals surface area contributed by atoms with Crippen molar-refractivity contribution in [2.45, 2.75) is 13.0 Å². The van der Waals surface area contributed by atoms with Crippen LogP contribution in [-0.2, 0) is 0 Å². The molecule has 1 unspecified atom stereocenters. The van der Waals surface area contributed by atoms with E-state index in [0.29, 0.717) is 6.04 Å². The standard InChI is InChI=1S/C16H16N2S/c1-11(17-2)16-18-15(10-19-16)14-8-7-12-5-3-4-6-13(12)9-14/h3-11,17H,1-2H3. The fraction of sp³-hybridized carbons (Fsp3) is 0.188. The fourth-order valence-electron chi connectivity index (χ4n) is 2.09. The molecule has 1 aromatic heterocycles. The maximum absolute atomic E-state index is 4.71. The second kappa shape index (κ2) is 5.11. The van der Waals surface area contributed by atoms with E-state index in [1.807, 2.05) is 7.05 Å². The minimum absolute atomic E-state index is 0.305. The second-order valence-electron chi connectivity index (χ2n) is 4.64. The summed E-state index contributed by atoms with van der Waals surface area (Å²) < 4.78 is 0. The minimum Gasteiger partial charge on any atom is -0.311 e. The first-order chi connectivity index (χ1) is 9.28. The summed E-state index contributed by atoms with van der Waals surface area (Å²) >= 11 is 1.71. The number of nitrogens with one attached hydrogen (secondary N) is 1. The van der Waals surface area contributed by atoms with E-state index in [9.17, 15) is 0 Å². The van der Waals surface area contributed by atoms with Crippen LogP contribution in [0.15, 0.2) is 47.8 Å². The highest BCUT2D eigenvalue weighted by atomic mass is 32.1. The van der Waals surface area contributed by atoms with Crippen LogP contribution in [0.25, 0.3) is 22.0 Å². The van der Waals surface area contributed by atoms with Crippen LogP contribution >= 0.6 is 11.3 Å². The molecule has 3 heteroatoms. The number of rotatable bonds is 3. The average Bonchev–Trinajstić information content (AvgIpc) is 2.95. The van der Waals surface area contributed by atoms with Crippen molar-refractivity contribution in [2.75, 3.05) is 7.05 Å². The Morgan fingerprint density at radius 2 is 1.89 bits per heavy atom. The average molecular weight is 268 g/mol. The SMILES string of the molecule is CNC(C)c1nc(-c2ccc3ccccc3c2)cs1. The van der Waals surface area contributed by atoms with Crippen LogP contribution in [0.1, 0.15) is 18.0 Å². The molecule has 0 saturated carbocycles. The lowest BCUT2D eigenvalue weighted by molar-refractivity contribution is 0.648. The van der Waals surface area contributed by atoms with Crippen LogP contribution in [0.2, 0.25) is 0 Å². The summed E-state index contributed by atoms with van der Waals surface area (Å²) in [7, 11) is 1.96. The summed E-state index contributed by atoms with van der Waals surface area (Å²) in [5.41, 5.74) is 2.25. The Bertz CT molecular complexity index is 703. The number of fused-ring (bicyclic) bond motifs is 1. The predicted octanol–water partition coefficient (Wildman–Crippen LogP) is 4.24. The molecule has 0 aliphatic rings.